The maximum absolute atomic E-state index is 6.45. The lowest BCUT2D eigenvalue weighted by atomic mass is 9.76. The van der Waals surface area contributed by atoms with Crippen LogP contribution in [0.4, 0.5) is 0 Å². The van der Waals surface area contributed by atoms with Gasteiger partial charge in [-0.1, -0.05) is 17.7 Å². The second-order valence-electron chi connectivity index (χ2n) is 8.59. The number of piperidine rings is 1. The molecule has 1 aliphatic carbocycles. The van der Waals surface area contributed by atoms with Crippen molar-refractivity contribution in [3.63, 3.8) is 0 Å². The van der Waals surface area contributed by atoms with E-state index in [0.717, 1.165) is 44.3 Å². The highest BCUT2D eigenvalue weighted by atomic mass is 35.5. The van der Waals surface area contributed by atoms with E-state index in [2.05, 4.69) is 58.6 Å². The highest BCUT2D eigenvalue weighted by Crippen LogP contribution is 2.45. The van der Waals surface area contributed by atoms with Gasteiger partial charge in [0.05, 0.1) is 5.69 Å². The molecule has 0 spiro atoms. The minimum Gasteiger partial charge on any atom is -0.368 e. The van der Waals surface area contributed by atoms with Gasteiger partial charge in [0.15, 0.2) is 0 Å². The first-order chi connectivity index (χ1) is 14.2. The van der Waals surface area contributed by atoms with Gasteiger partial charge in [0, 0.05) is 54.6 Å². The number of hydrogen-bond acceptors (Lipinski definition) is 4. The van der Waals surface area contributed by atoms with Gasteiger partial charge in [0.2, 0.25) is 0 Å². The minimum absolute atomic E-state index is 0.323. The largest absolute Gasteiger partial charge is 0.368 e. The zero-order chi connectivity index (χ0) is 19.8. The average Bonchev–Trinajstić information content (AvgIpc) is 2.89. The van der Waals surface area contributed by atoms with Gasteiger partial charge >= 0.3 is 0 Å². The van der Waals surface area contributed by atoms with Crippen molar-refractivity contribution in [3.05, 3.63) is 63.9 Å². The summed E-state index contributed by atoms with van der Waals surface area (Å²) < 4.78 is 0. The van der Waals surface area contributed by atoms with Gasteiger partial charge in [-0.15, -0.1) is 0 Å². The van der Waals surface area contributed by atoms with Crippen molar-refractivity contribution in [2.24, 2.45) is 5.92 Å². The van der Waals surface area contributed by atoms with Crippen molar-refractivity contribution in [3.8, 4) is 0 Å². The van der Waals surface area contributed by atoms with Crippen LogP contribution in [0.5, 0.6) is 0 Å². The van der Waals surface area contributed by atoms with Crippen molar-refractivity contribution in [2.45, 2.75) is 18.8 Å². The van der Waals surface area contributed by atoms with E-state index in [-0.39, 0.29) is 0 Å². The first-order valence-electron chi connectivity index (χ1n) is 10.8. The predicted molar refractivity (Wildman–Crippen MR) is 120 cm³/mol. The lowest BCUT2D eigenvalue weighted by Crippen LogP contribution is -2.42. The average molecular weight is 409 g/mol. The van der Waals surface area contributed by atoms with E-state index >= 15 is 0 Å². The zero-order valence-electron chi connectivity index (χ0n) is 17.1. The molecule has 2 aromatic rings. The molecular formula is C24H29ClN4. The molecule has 5 rings (SSSR count). The van der Waals surface area contributed by atoms with Crippen LogP contribution in [0.3, 0.4) is 0 Å². The number of nitrogens with one attached hydrogen (secondary N) is 1. The van der Waals surface area contributed by atoms with E-state index in [0.29, 0.717) is 11.8 Å². The quantitative estimate of drug-likeness (QED) is 0.815. The van der Waals surface area contributed by atoms with Crippen molar-refractivity contribution in [2.75, 3.05) is 46.3 Å². The van der Waals surface area contributed by atoms with Crippen LogP contribution in [0.1, 0.15) is 41.1 Å². The summed E-state index contributed by atoms with van der Waals surface area (Å²) in [7, 11) is 2.23. The highest BCUT2D eigenvalue weighted by molar-refractivity contribution is 6.30. The number of likely N-dealkylation sites (tertiary alicyclic amines) is 1. The molecule has 2 saturated heterocycles. The molecule has 1 N–H and O–H groups in total. The summed E-state index contributed by atoms with van der Waals surface area (Å²) in [5, 5.41) is 4.28. The Morgan fingerprint density at radius 2 is 1.86 bits per heavy atom. The van der Waals surface area contributed by atoms with Crippen LogP contribution in [0.2, 0.25) is 5.02 Å². The summed E-state index contributed by atoms with van der Waals surface area (Å²) in [6, 6.07) is 10.8. The van der Waals surface area contributed by atoms with E-state index in [9.17, 15) is 0 Å². The molecule has 0 amide bonds. The number of nitrogens with zero attached hydrogens (tertiary/aromatic N) is 3. The fourth-order valence-electron chi connectivity index (χ4n) is 5.21. The van der Waals surface area contributed by atoms with Crippen LogP contribution in [0.15, 0.2) is 36.5 Å². The maximum atomic E-state index is 6.45. The zero-order valence-corrected chi connectivity index (χ0v) is 17.8. The summed E-state index contributed by atoms with van der Waals surface area (Å²) in [6.45, 7) is 6.40. The number of benzene rings is 1. The third-order valence-electron chi connectivity index (χ3n) is 6.78. The van der Waals surface area contributed by atoms with Crippen LogP contribution in [-0.2, 0) is 0 Å². The number of pyridine rings is 1. The monoisotopic (exact) mass is 408 g/mol. The van der Waals surface area contributed by atoms with Gasteiger partial charge in [-0.2, -0.15) is 0 Å². The first kappa shape index (κ1) is 19.1. The molecule has 2 aliphatic heterocycles. The molecule has 1 unspecified atom stereocenters. The summed E-state index contributed by atoms with van der Waals surface area (Å²) in [5.41, 5.74) is 6.48. The van der Waals surface area contributed by atoms with Gasteiger partial charge in [-0.25, -0.2) is 0 Å². The Kier molecular flexibility index (Phi) is 5.33. The highest BCUT2D eigenvalue weighted by Gasteiger charge is 2.34. The Morgan fingerprint density at radius 3 is 2.66 bits per heavy atom. The van der Waals surface area contributed by atoms with E-state index in [4.69, 9.17) is 16.6 Å². The first-order valence-corrected chi connectivity index (χ1v) is 11.2. The molecule has 0 saturated carbocycles. The number of rotatable bonds is 2. The SMILES string of the molecule is CN1CCC(C2c3ccc(Cl)cc3C=C(N3CCNCC3)c3cccnc32)CC1. The standard InChI is InChI=1S/C24H29ClN4/c1-28-11-6-17(7-12-28)23-20-5-4-19(25)15-18(20)16-22(29-13-9-26-10-14-29)21-3-2-8-27-24(21)23/h2-5,8,15-17,23,26H,6-7,9-14H2,1H3. The third-order valence-corrected chi connectivity index (χ3v) is 7.01. The molecule has 5 heteroatoms. The van der Waals surface area contributed by atoms with Crippen molar-refractivity contribution in [1.82, 2.24) is 20.1 Å². The van der Waals surface area contributed by atoms with E-state index in [1.807, 2.05) is 6.20 Å². The molecule has 0 bridgehead atoms. The summed E-state index contributed by atoms with van der Waals surface area (Å²) >= 11 is 6.45. The van der Waals surface area contributed by atoms with Gasteiger partial charge in [-0.05, 0) is 80.4 Å². The van der Waals surface area contributed by atoms with Crippen LogP contribution in [-0.4, -0.2) is 61.1 Å². The Morgan fingerprint density at radius 1 is 1.07 bits per heavy atom. The molecule has 1 aromatic heterocycles. The molecule has 152 valence electrons. The van der Waals surface area contributed by atoms with Gasteiger partial charge in [-0.3, -0.25) is 4.98 Å². The lowest BCUT2D eigenvalue weighted by molar-refractivity contribution is 0.206. The van der Waals surface area contributed by atoms with Crippen LogP contribution in [0, 0.1) is 5.92 Å². The number of hydrogen-bond donors (Lipinski definition) is 1. The number of fused-ring (bicyclic) bond motifs is 2. The van der Waals surface area contributed by atoms with Gasteiger partial charge in [0.1, 0.15) is 0 Å². The third kappa shape index (κ3) is 3.70. The Hall–Kier alpha value is -1.88. The normalized spacial score (nSPS) is 23.2. The Balaban J connectivity index is 1.67. The smallest absolute Gasteiger partial charge is 0.0574 e. The maximum Gasteiger partial charge on any atom is 0.0574 e. The molecule has 4 nitrogen and oxygen atoms in total. The molecule has 0 radical (unpaired) electrons. The predicted octanol–water partition coefficient (Wildman–Crippen LogP) is 3.93. The number of halogens is 1. The fourth-order valence-corrected chi connectivity index (χ4v) is 5.40. The molecule has 2 fully saturated rings. The summed E-state index contributed by atoms with van der Waals surface area (Å²) in [6.07, 6.45) is 6.75. The minimum atomic E-state index is 0.323. The summed E-state index contributed by atoms with van der Waals surface area (Å²) in [4.78, 5) is 9.95. The topological polar surface area (TPSA) is 31.4 Å². The van der Waals surface area contributed by atoms with E-state index in [1.165, 1.54) is 40.9 Å². The van der Waals surface area contributed by atoms with Crippen LogP contribution >= 0.6 is 11.6 Å². The van der Waals surface area contributed by atoms with Gasteiger partial charge < -0.3 is 15.1 Å². The second kappa shape index (κ2) is 8.10. The van der Waals surface area contributed by atoms with Crippen molar-refractivity contribution < 1.29 is 0 Å². The Labute approximate surface area is 178 Å². The molecule has 29 heavy (non-hydrogen) atoms. The number of aromatic nitrogens is 1. The molecule has 1 aromatic carbocycles. The Bertz CT molecular complexity index is 911. The van der Waals surface area contributed by atoms with Gasteiger partial charge in [0.25, 0.3) is 0 Å². The van der Waals surface area contributed by atoms with Crippen LogP contribution < -0.4 is 5.32 Å². The molecule has 3 heterocycles. The van der Waals surface area contributed by atoms with Crippen LogP contribution in [0.25, 0.3) is 11.8 Å². The fraction of sp³-hybridized carbons (Fsp3) is 0.458. The molecular weight excluding hydrogens is 380 g/mol. The van der Waals surface area contributed by atoms with E-state index in [1.54, 1.807) is 0 Å². The lowest BCUT2D eigenvalue weighted by Gasteiger charge is -2.36. The van der Waals surface area contributed by atoms with Crippen molar-refractivity contribution >= 4 is 23.4 Å². The van der Waals surface area contributed by atoms with Crippen molar-refractivity contribution in [1.29, 1.82) is 0 Å². The summed E-state index contributed by atoms with van der Waals surface area (Å²) in [5.74, 6) is 0.930. The molecule has 3 aliphatic rings. The molecule has 1 atom stereocenters. The second-order valence-corrected chi connectivity index (χ2v) is 9.03. The van der Waals surface area contributed by atoms with E-state index < -0.39 is 0 Å². The number of piperazine rings is 1.